The van der Waals surface area contributed by atoms with Crippen LogP contribution in [-0.4, -0.2) is 39.1 Å². The van der Waals surface area contributed by atoms with E-state index in [0.29, 0.717) is 24.2 Å². The van der Waals surface area contributed by atoms with Crippen molar-refractivity contribution >= 4 is 11.7 Å². The molecule has 0 N–H and O–H groups in total. The number of rotatable bonds is 4. The standard InChI is InChI=1S/C18H19N3O2/c1-13-11-20-16(12-19-13)18(23)21-9-5-8-15(21)10-17(22)14-6-3-2-4-7-14/h2-4,6-7,11-12,15H,5,8-10H2,1H3/t15-/m1/s1. The van der Waals surface area contributed by atoms with Crippen molar-refractivity contribution in [3.05, 3.63) is 59.7 Å². The SMILES string of the molecule is Cc1cnc(C(=O)N2CCC[C@@H]2CC(=O)c2ccccc2)cn1. The summed E-state index contributed by atoms with van der Waals surface area (Å²) < 4.78 is 0. The van der Waals surface area contributed by atoms with Gasteiger partial charge in [-0.3, -0.25) is 14.6 Å². The lowest BCUT2D eigenvalue weighted by Gasteiger charge is -2.23. The Morgan fingerprint density at radius 3 is 2.65 bits per heavy atom. The van der Waals surface area contributed by atoms with Crippen LogP contribution >= 0.6 is 0 Å². The summed E-state index contributed by atoms with van der Waals surface area (Å²) in [4.78, 5) is 35.0. The molecule has 1 aromatic carbocycles. The van der Waals surface area contributed by atoms with Crippen LogP contribution in [0, 0.1) is 6.92 Å². The topological polar surface area (TPSA) is 63.2 Å². The van der Waals surface area contributed by atoms with E-state index in [2.05, 4.69) is 9.97 Å². The fourth-order valence-corrected chi connectivity index (χ4v) is 2.92. The summed E-state index contributed by atoms with van der Waals surface area (Å²) in [5.41, 5.74) is 1.82. The number of hydrogen-bond acceptors (Lipinski definition) is 4. The van der Waals surface area contributed by atoms with Gasteiger partial charge in [-0.2, -0.15) is 0 Å². The summed E-state index contributed by atoms with van der Waals surface area (Å²) in [6.45, 7) is 2.50. The molecule has 118 valence electrons. The smallest absolute Gasteiger partial charge is 0.274 e. The van der Waals surface area contributed by atoms with Crippen molar-refractivity contribution in [3.8, 4) is 0 Å². The molecule has 0 radical (unpaired) electrons. The first-order chi connectivity index (χ1) is 11.1. The summed E-state index contributed by atoms with van der Waals surface area (Å²) in [6.07, 6.45) is 5.22. The van der Waals surface area contributed by atoms with Crippen LogP contribution in [0.4, 0.5) is 0 Å². The van der Waals surface area contributed by atoms with Crippen LogP contribution in [0.1, 0.15) is 45.8 Å². The molecule has 1 fully saturated rings. The zero-order valence-electron chi connectivity index (χ0n) is 13.1. The van der Waals surface area contributed by atoms with Crippen LogP contribution in [0.3, 0.4) is 0 Å². The monoisotopic (exact) mass is 309 g/mol. The molecule has 0 saturated carbocycles. The van der Waals surface area contributed by atoms with E-state index in [4.69, 9.17) is 0 Å². The van der Waals surface area contributed by atoms with Crippen molar-refractivity contribution in [1.29, 1.82) is 0 Å². The Balaban J connectivity index is 1.71. The average Bonchev–Trinajstić information content (AvgIpc) is 3.04. The predicted molar refractivity (Wildman–Crippen MR) is 86.2 cm³/mol. The fraction of sp³-hybridized carbons (Fsp3) is 0.333. The van der Waals surface area contributed by atoms with Gasteiger partial charge in [0.2, 0.25) is 0 Å². The maximum Gasteiger partial charge on any atom is 0.274 e. The van der Waals surface area contributed by atoms with Gasteiger partial charge in [-0.25, -0.2) is 4.98 Å². The molecule has 1 saturated heterocycles. The van der Waals surface area contributed by atoms with E-state index >= 15 is 0 Å². The van der Waals surface area contributed by atoms with Gasteiger partial charge in [0.05, 0.1) is 11.9 Å². The minimum absolute atomic E-state index is 0.0571. The minimum Gasteiger partial charge on any atom is -0.334 e. The first kappa shape index (κ1) is 15.3. The number of ketones is 1. The Bertz CT molecular complexity index is 698. The maximum absolute atomic E-state index is 12.6. The Morgan fingerprint density at radius 1 is 1.17 bits per heavy atom. The number of carbonyl (C=O) groups is 2. The third-order valence-electron chi connectivity index (χ3n) is 4.15. The molecule has 2 aromatic rings. The van der Waals surface area contributed by atoms with Crippen LogP contribution in [0.2, 0.25) is 0 Å². The second-order valence-corrected chi connectivity index (χ2v) is 5.83. The molecule has 23 heavy (non-hydrogen) atoms. The molecule has 1 aromatic heterocycles. The first-order valence-corrected chi connectivity index (χ1v) is 7.83. The highest BCUT2D eigenvalue weighted by molar-refractivity contribution is 5.97. The van der Waals surface area contributed by atoms with E-state index in [9.17, 15) is 9.59 Å². The molecule has 5 nitrogen and oxygen atoms in total. The number of aryl methyl sites for hydroxylation is 1. The summed E-state index contributed by atoms with van der Waals surface area (Å²) in [5.74, 6) is -0.0637. The molecule has 5 heteroatoms. The second-order valence-electron chi connectivity index (χ2n) is 5.83. The van der Waals surface area contributed by atoms with Gasteiger partial charge in [0, 0.05) is 30.8 Å². The highest BCUT2D eigenvalue weighted by Crippen LogP contribution is 2.23. The van der Waals surface area contributed by atoms with Crippen molar-refractivity contribution < 1.29 is 9.59 Å². The lowest BCUT2D eigenvalue weighted by molar-refractivity contribution is 0.0711. The van der Waals surface area contributed by atoms with E-state index in [1.807, 2.05) is 37.3 Å². The third kappa shape index (κ3) is 3.44. The normalized spacial score (nSPS) is 17.3. The van der Waals surface area contributed by atoms with Crippen LogP contribution in [0.15, 0.2) is 42.7 Å². The zero-order valence-corrected chi connectivity index (χ0v) is 13.1. The van der Waals surface area contributed by atoms with E-state index in [1.165, 1.54) is 6.20 Å². The van der Waals surface area contributed by atoms with Gasteiger partial charge in [0.15, 0.2) is 5.78 Å². The number of carbonyl (C=O) groups excluding carboxylic acids is 2. The van der Waals surface area contributed by atoms with Gasteiger partial charge in [0.1, 0.15) is 5.69 Å². The summed E-state index contributed by atoms with van der Waals surface area (Å²) >= 11 is 0. The second kappa shape index (κ2) is 6.69. The lowest BCUT2D eigenvalue weighted by Crippen LogP contribution is -2.37. The fourth-order valence-electron chi connectivity index (χ4n) is 2.92. The maximum atomic E-state index is 12.6. The van der Waals surface area contributed by atoms with Crippen LogP contribution in [0.25, 0.3) is 0 Å². The molecule has 0 unspecified atom stereocenters. The minimum atomic E-state index is -0.138. The van der Waals surface area contributed by atoms with Crippen molar-refractivity contribution in [3.63, 3.8) is 0 Å². The molecular weight excluding hydrogens is 290 g/mol. The van der Waals surface area contributed by atoms with Crippen molar-refractivity contribution in [2.24, 2.45) is 0 Å². The van der Waals surface area contributed by atoms with Crippen molar-refractivity contribution in [2.45, 2.75) is 32.2 Å². The van der Waals surface area contributed by atoms with Gasteiger partial charge >= 0.3 is 0 Å². The average molecular weight is 309 g/mol. The van der Waals surface area contributed by atoms with Crippen molar-refractivity contribution in [1.82, 2.24) is 14.9 Å². The van der Waals surface area contributed by atoms with Gasteiger partial charge in [-0.1, -0.05) is 30.3 Å². The quantitative estimate of drug-likeness (QED) is 0.815. The third-order valence-corrected chi connectivity index (χ3v) is 4.15. The molecule has 0 bridgehead atoms. The number of benzene rings is 1. The number of nitrogens with zero attached hydrogens (tertiary/aromatic N) is 3. The van der Waals surface area contributed by atoms with Crippen molar-refractivity contribution in [2.75, 3.05) is 6.54 Å². The number of amides is 1. The molecule has 0 aliphatic carbocycles. The Morgan fingerprint density at radius 2 is 1.96 bits per heavy atom. The molecule has 1 aliphatic heterocycles. The highest BCUT2D eigenvalue weighted by Gasteiger charge is 2.31. The first-order valence-electron chi connectivity index (χ1n) is 7.83. The van der Waals surface area contributed by atoms with E-state index < -0.39 is 0 Å². The molecular formula is C18H19N3O2. The van der Waals surface area contributed by atoms with Gasteiger partial charge < -0.3 is 4.90 Å². The van der Waals surface area contributed by atoms with Gasteiger partial charge in [-0.15, -0.1) is 0 Å². The lowest BCUT2D eigenvalue weighted by atomic mass is 10.0. The Hall–Kier alpha value is -2.56. The number of aromatic nitrogens is 2. The van der Waals surface area contributed by atoms with E-state index in [-0.39, 0.29) is 17.7 Å². The molecule has 1 amide bonds. The Labute approximate surface area is 135 Å². The van der Waals surface area contributed by atoms with E-state index in [0.717, 1.165) is 18.5 Å². The Kier molecular flexibility index (Phi) is 4.46. The molecule has 3 rings (SSSR count). The van der Waals surface area contributed by atoms with Crippen LogP contribution in [-0.2, 0) is 0 Å². The van der Waals surface area contributed by atoms with E-state index in [1.54, 1.807) is 11.1 Å². The number of Topliss-reactive ketones (excluding diaryl/α,β-unsaturated/α-hetero) is 1. The molecule has 1 atom stereocenters. The van der Waals surface area contributed by atoms with Gasteiger partial charge in [0.25, 0.3) is 5.91 Å². The summed E-state index contributed by atoms with van der Waals surface area (Å²) in [7, 11) is 0. The summed E-state index contributed by atoms with van der Waals surface area (Å²) in [5, 5.41) is 0. The van der Waals surface area contributed by atoms with Crippen LogP contribution < -0.4 is 0 Å². The highest BCUT2D eigenvalue weighted by atomic mass is 16.2. The molecule has 2 heterocycles. The largest absolute Gasteiger partial charge is 0.334 e. The molecule has 0 spiro atoms. The number of likely N-dealkylation sites (tertiary alicyclic amines) is 1. The van der Waals surface area contributed by atoms with Gasteiger partial charge in [-0.05, 0) is 19.8 Å². The summed E-state index contributed by atoms with van der Waals surface area (Å²) in [6, 6.07) is 9.17. The predicted octanol–water partition coefficient (Wildman–Crippen LogP) is 2.66. The van der Waals surface area contributed by atoms with Crippen LogP contribution in [0.5, 0.6) is 0 Å². The number of hydrogen-bond donors (Lipinski definition) is 0. The zero-order chi connectivity index (χ0) is 16.2. The molecule has 1 aliphatic rings.